The summed E-state index contributed by atoms with van der Waals surface area (Å²) < 4.78 is 49.7. The minimum Gasteiger partial charge on any atom is -0.212 e. The molecule has 0 radical (unpaired) electrons. The molecule has 0 bridgehead atoms. The fourth-order valence-corrected chi connectivity index (χ4v) is 2.37. The lowest BCUT2D eigenvalue weighted by Crippen LogP contribution is -2.41. The molecule has 0 spiro atoms. The highest BCUT2D eigenvalue weighted by Gasteiger charge is 2.17. The Morgan fingerprint density at radius 3 is 2.12 bits per heavy atom. The summed E-state index contributed by atoms with van der Waals surface area (Å²) in [6.07, 6.45) is 2.51. The topological polar surface area (TPSA) is 86.8 Å². The van der Waals surface area contributed by atoms with E-state index in [1.54, 1.807) is 0 Å². The van der Waals surface area contributed by atoms with Gasteiger partial charge in [0.25, 0.3) is 10.2 Å². The molecule has 1 N–H and O–H groups in total. The lowest BCUT2D eigenvalue weighted by molar-refractivity contribution is 0.442. The van der Waals surface area contributed by atoms with Crippen LogP contribution in [0.4, 0.5) is 0 Å². The van der Waals surface area contributed by atoms with Crippen LogP contribution in [0.1, 0.15) is 0 Å². The Morgan fingerprint density at radius 2 is 1.76 bits per heavy atom. The first-order valence-electron chi connectivity index (χ1n) is 4.84. The fourth-order valence-electron chi connectivity index (χ4n) is 0.965. The van der Waals surface area contributed by atoms with Gasteiger partial charge in [-0.1, -0.05) is 6.08 Å². The molecule has 102 valence electrons. The Labute approximate surface area is 103 Å². The average Bonchev–Trinajstić information content (AvgIpc) is 2.14. The van der Waals surface area contributed by atoms with Crippen molar-refractivity contribution in [2.75, 3.05) is 40.0 Å². The predicted octanol–water partition coefficient (Wildman–Crippen LogP) is -1.17. The standard InChI is InChI=1S/C8H19N3O4S2/c1-5-7-11(16(4,12)13)8-6-9-17(14,15)10(2)3/h5,9H,1,6-8H2,2-4H3. The maximum atomic E-state index is 11.3. The SMILES string of the molecule is C=CCN(CCNS(=O)(=O)N(C)C)S(C)(=O)=O. The van der Waals surface area contributed by atoms with Crippen molar-refractivity contribution in [2.24, 2.45) is 0 Å². The molecule has 17 heavy (non-hydrogen) atoms. The Morgan fingerprint density at radius 1 is 1.24 bits per heavy atom. The zero-order valence-electron chi connectivity index (χ0n) is 10.2. The Hall–Kier alpha value is -0.480. The van der Waals surface area contributed by atoms with E-state index >= 15 is 0 Å². The van der Waals surface area contributed by atoms with Gasteiger partial charge in [0.05, 0.1) is 6.26 Å². The van der Waals surface area contributed by atoms with Crippen molar-refractivity contribution in [3.05, 3.63) is 12.7 Å². The molecule has 0 aromatic carbocycles. The quantitative estimate of drug-likeness (QED) is 0.569. The minimum absolute atomic E-state index is 0.0153. The van der Waals surface area contributed by atoms with Gasteiger partial charge >= 0.3 is 0 Å². The van der Waals surface area contributed by atoms with Crippen molar-refractivity contribution in [3.63, 3.8) is 0 Å². The maximum Gasteiger partial charge on any atom is 0.278 e. The summed E-state index contributed by atoms with van der Waals surface area (Å²) in [5.41, 5.74) is 0. The summed E-state index contributed by atoms with van der Waals surface area (Å²) in [6, 6.07) is 0. The molecule has 0 atom stereocenters. The van der Waals surface area contributed by atoms with Gasteiger partial charge in [0, 0.05) is 33.7 Å². The van der Waals surface area contributed by atoms with Gasteiger partial charge in [-0.15, -0.1) is 6.58 Å². The van der Waals surface area contributed by atoms with Crippen LogP contribution in [-0.2, 0) is 20.2 Å². The molecular formula is C8H19N3O4S2. The van der Waals surface area contributed by atoms with Gasteiger partial charge in [-0.3, -0.25) is 0 Å². The van der Waals surface area contributed by atoms with E-state index in [4.69, 9.17) is 0 Å². The second-order valence-corrected chi connectivity index (χ2v) is 7.54. The summed E-state index contributed by atoms with van der Waals surface area (Å²) in [4.78, 5) is 0. The van der Waals surface area contributed by atoms with Crippen LogP contribution in [0.15, 0.2) is 12.7 Å². The van der Waals surface area contributed by atoms with Crippen molar-refractivity contribution in [2.45, 2.75) is 0 Å². The third-order valence-corrected chi connectivity index (χ3v) is 4.73. The molecule has 0 rings (SSSR count). The van der Waals surface area contributed by atoms with E-state index in [0.29, 0.717) is 0 Å². The van der Waals surface area contributed by atoms with Gasteiger partial charge in [0.15, 0.2) is 0 Å². The molecule has 0 fully saturated rings. The highest BCUT2D eigenvalue weighted by molar-refractivity contribution is 7.88. The fraction of sp³-hybridized carbons (Fsp3) is 0.750. The predicted molar refractivity (Wildman–Crippen MR) is 67.2 cm³/mol. The van der Waals surface area contributed by atoms with Gasteiger partial charge in [-0.05, 0) is 0 Å². The second-order valence-electron chi connectivity index (χ2n) is 3.59. The Kier molecular flexibility index (Phi) is 6.27. The molecule has 0 heterocycles. The molecule has 0 aliphatic rings. The van der Waals surface area contributed by atoms with Crippen molar-refractivity contribution >= 4 is 20.2 Å². The van der Waals surface area contributed by atoms with Crippen LogP contribution >= 0.6 is 0 Å². The van der Waals surface area contributed by atoms with Crippen LogP contribution in [0.25, 0.3) is 0 Å². The first kappa shape index (κ1) is 16.5. The lowest BCUT2D eigenvalue weighted by atomic mass is 10.6. The second kappa shape index (κ2) is 6.45. The third kappa shape index (κ3) is 6.13. The molecular weight excluding hydrogens is 266 g/mol. The lowest BCUT2D eigenvalue weighted by Gasteiger charge is -2.19. The first-order valence-corrected chi connectivity index (χ1v) is 8.13. The zero-order valence-corrected chi connectivity index (χ0v) is 11.9. The first-order chi connectivity index (χ1) is 7.61. The van der Waals surface area contributed by atoms with Crippen LogP contribution < -0.4 is 4.72 Å². The summed E-state index contributed by atoms with van der Waals surface area (Å²) in [5.74, 6) is 0. The van der Waals surface area contributed by atoms with Crippen molar-refractivity contribution in [1.29, 1.82) is 0 Å². The van der Waals surface area contributed by atoms with E-state index in [0.717, 1.165) is 14.9 Å². The van der Waals surface area contributed by atoms with E-state index in [1.165, 1.54) is 20.2 Å². The van der Waals surface area contributed by atoms with E-state index in [1.807, 2.05) is 0 Å². The van der Waals surface area contributed by atoms with E-state index < -0.39 is 20.2 Å². The molecule has 9 heteroatoms. The highest BCUT2D eigenvalue weighted by Crippen LogP contribution is 1.97. The van der Waals surface area contributed by atoms with E-state index in [9.17, 15) is 16.8 Å². The van der Waals surface area contributed by atoms with Gasteiger partial charge in [-0.2, -0.15) is 17.0 Å². The number of sulfonamides is 1. The maximum absolute atomic E-state index is 11.3. The molecule has 7 nitrogen and oxygen atoms in total. The zero-order chi connectivity index (χ0) is 13.7. The summed E-state index contributed by atoms with van der Waals surface area (Å²) in [7, 11) is -4.09. The van der Waals surface area contributed by atoms with Crippen LogP contribution in [-0.4, -0.2) is 65.4 Å². The third-order valence-electron chi connectivity index (χ3n) is 1.93. The summed E-state index contributed by atoms with van der Waals surface area (Å²) >= 11 is 0. The smallest absolute Gasteiger partial charge is 0.212 e. The number of hydrogen-bond acceptors (Lipinski definition) is 4. The Balaban J connectivity index is 4.41. The van der Waals surface area contributed by atoms with Gasteiger partial charge in [0.2, 0.25) is 10.0 Å². The molecule has 0 aliphatic heterocycles. The number of rotatable bonds is 8. The molecule has 0 aromatic heterocycles. The van der Waals surface area contributed by atoms with Crippen LogP contribution in [0.3, 0.4) is 0 Å². The van der Waals surface area contributed by atoms with E-state index in [-0.39, 0.29) is 19.6 Å². The highest BCUT2D eigenvalue weighted by atomic mass is 32.2. The number of nitrogens with zero attached hydrogens (tertiary/aromatic N) is 2. The van der Waals surface area contributed by atoms with E-state index in [2.05, 4.69) is 11.3 Å². The van der Waals surface area contributed by atoms with Crippen molar-refractivity contribution in [3.8, 4) is 0 Å². The minimum atomic E-state index is -3.52. The summed E-state index contributed by atoms with van der Waals surface area (Å²) in [5, 5.41) is 0. The number of nitrogens with one attached hydrogen (secondary N) is 1. The molecule has 0 aliphatic carbocycles. The van der Waals surface area contributed by atoms with Gasteiger partial charge < -0.3 is 0 Å². The molecule has 0 saturated heterocycles. The molecule has 0 amide bonds. The van der Waals surface area contributed by atoms with Gasteiger partial charge in [-0.25, -0.2) is 13.1 Å². The Bertz CT molecular complexity index is 441. The van der Waals surface area contributed by atoms with Crippen molar-refractivity contribution in [1.82, 2.24) is 13.3 Å². The van der Waals surface area contributed by atoms with Crippen molar-refractivity contribution < 1.29 is 16.8 Å². The number of hydrogen-bond donors (Lipinski definition) is 1. The molecule has 0 aromatic rings. The van der Waals surface area contributed by atoms with Crippen LogP contribution in [0, 0.1) is 0 Å². The van der Waals surface area contributed by atoms with Gasteiger partial charge in [0.1, 0.15) is 0 Å². The average molecular weight is 285 g/mol. The van der Waals surface area contributed by atoms with Crippen LogP contribution in [0.2, 0.25) is 0 Å². The summed E-state index contributed by atoms with van der Waals surface area (Å²) in [6.45, 7) is 3.68. The normalized spacial score (nSPS) is 13.2. The largest absolute Gasteiger partial charge is 0.278 e. The molecule has 0 unspecified atom stereocenters. The molecule has 0 saturated carbocycles. The monoisotopic (exact) mass is 285 g/mol. The van der Waals surface area contributed by atoms with Crippen LogP contribution in [0.5, 0.6) is 0 Å².